The third kappa shape index (κ3) is 5.33. The lowest BCUT2D eigenvalue weighted by Gasteiger charge is -2.26. The van der Waals surface area contributed by atoms with Crippen LogP contribution in [0.1, 0.15) is 36.6 Å². The highest BCUT2D eigenvalue weighted by atomic mass is 35.5. The van der Waals surface area contributed by atoms with E-state index in [0.717, 1.165) is 5.56 Å². The van der Waals surface area contributed by atoms with Crippen molar-refractivity contribution in [3.8, 4) is 11.5 Å². The van der Waals surface area contributed by atoms with Gasteiger partial charge in [-0.15, -0.1) is 0 Å². The summed E-state index contributed by atoms with van der Waals surface area (Å²) in [6, 6.07) is 21.2. The second-order valence-electron chi connectivity index (χ2n) is 8.82. The van der Waals surface area contributed by atoms with Gasteiger partial charge >= 0.3 is 5.97 Å². The number of hydrogen-bond acceptors (Lipinski definition) is 7. The number of rotatable bonds is 8. The molecule has 7 nitrogen and oxygen atoms in total. The molecule has 0 saturated heterocycles. The normalized spacial score (nSPS) is 14.9. The van der Waals surface area contributed by atoms with E-state index in [2.05, 4.69) is 0 Å². The number of halogens is 1. The molecule has 1 atom stereocenters. The molecule has 204 valence electrons. The van der Waals surface area contributed by atoms with E-state index in [1.165, 1.54) is 11.3 Å². The number of aromatic nitrogens is 1. The van der Waals surface area contributed by atoms with Crippen molar-refractivity contribution in [1.82, 2.24) is 4.57 Å². The van der Waals surface area contributed by atoms with E-state index in [4.69, 9.17) is 30.8 Å². The lowest BCUT2D eigenvalue weighted by atomic mass is 9.93. The maximum absolute atomic E-state index is 14.1. The first-order valence-corrected chi connectivity index (χ1v) is 14.0. The van der Waals surface area contributed by atoms with E-state index >= 15 is 0 Å². The van der Waals surface area contributed by atoms with Crippen LogP contribution in [0.4, 0.5) is 0 Å². The van der Waals surface area contributed by atoms with Crippen LogP contribution in [-0.2, 0) is 9.53 Å². The average molecular weight is 575 g/mol. The molecule has 2 heterocycles. The molecule has 1 aliphatic rings. The van der Waals surface area contributed by atoms with Crippen molar-refractivity contribution in [2.75, 3.05) is 20.3 Å². The second kappa shape index (κ2) is 11.9. The van der Waals surface area contributed by atoms with Crippen molar-refractivity contribution in [3.63, 3.8) is 0 Å². The summed E-state index contributed by atoms with van der Waals surface area (Å²) in [5.74, 6) is 0.668. The lowest BCUT2D eigenvalue weighted by molar-refractivity contribution is -0.138. The SMILES string of the molecule is CCOC(=O)C1=C(c2ccccc2)N=c2s/c(=C\c3cc(Cl)ccc3OCC)c(=O)n2[C@@H]1c1cccc(OC)c1. The number of carbonyl (C=O) groups excluding carboxylic acids is 1. The van der Waals surface area contributed by atoms with Gasteiger partial charge in [0.15, 0.2) is 4.80 Å². The van der Waals surface area contributed by atoms with Crippen LogP contribution in [-0.4, -0.2) is 30.9 Å². The first kappa shape index (κ1) is 27.4. The van der Waals surface area contributed by atoms with E-state index in [1.807, 2.05) is 61.5 Å². The molecule has 0 unspecified atom stereocenters. The van der Waals surface area contributed by atoms with E-state index in [0.29, 0.717) is 49.3 Å². The number of fused-ring (bicyclic) bond motifs is 1. The van der Waals surface area contributed by atoms with Gasteiger partial charge in [0.2, 0.25) is 0 Å². The van der Waals surface area contributed by atoms with Gasteiger partial charge in [-0.2, -0.15) is 0 Å². The molecule has 1 aliphatic heterocycles. The Morgan fingerprint density at radius 3 is 2.58 bits per heavy atom. The molecule has 0 amide bonds. The van der Waals surface area contributed by atoms with Gasteiger partial charge in [0.05, 0.1) is 42.2 Å². The summed E-state index contributed by atoms with van der Waals surface area (Å²) in [4.78, 5) is 33.0. The summed E-state index contributed by atoms with van der Waals surface area (Å²) < 4.78 is 18.7. The van der Waals surface area contributed by atoms with Crippen molar-refractivity contribution in [2.24, 2.45) is 4.99 Å². The van der Waals surface area contributed by atoms with Crippen molar-refractivity contribution < 1.29 is 19.0 Å². The largest absolute Gasteiger partial charge is 0.497 e. The number of esters is 1. The fourth-order valence-electron chi connectivity index (χ4n) is 4.63. The summed E-state index contributed by atoms with van der Waals surface area (Å²) in [6.07, 6.45) is 1.75. The summed E-state index contributed by atoms with van der Waals surface area (Å²) in [7, 11) is 1.57. The number of nitrogens with zero attached hydrogens (tertiary/aromatic N) is 2. The summed E-state index contributed by atoms with van der Waals surface area (Å²) in [5.41, 5.74) is 2.54. The van der Waals surface area contributed by atoms with Crippen LogP contribution < -0.4 is 24.4 Å². The second-order valence-corrected chi connectivity index (χ2v) is 10.3. The Hall–Kier alpha value is -4.14. The molecule has 1 aromatic heterocycles. The zero-order valence-electron chi connectivity index (χ0n) is 22.2. The maximum Gasteiger partial charge on any atom is 0.338 e. The van der Waals surface area contributed by atoms with Gasteiger partial charge in [0.1, 0.15) is 11.5 Å². The molecule has 9 heteroatoms. The Morgan fingerprint density at radius 1 is 1.05 bits per heavy atom. The Labute approximate surface area is 240 Å². The molecule has 0 N–H and O–H groups in total. The zero-order valence-corrected chi connectivity index (χ0v) is 23.8. The van der Waals surface area contributed by atoms with Gasteiger partial charge in [-0.25, -0.2) is 9.79 Å². The summed E-state index contributed by atoms with van der Waals surface area (Å²) >= 11 is 7.52. The van der Waals surface area contributed by atoms with Crippen LogP contribution in [0.2, 0.25) is 5.02 Å². The highest BCUT2D eigenvalue weighted by Gasteiger charge is 2.35. The maximum atomic E-state index is 14.1. The van der Waals surface area contributed by atoms with Crippen molar-refractivity contribution in [2.45, 2.75) is 19.9 Å². The van der Waals surface area contributed by atoms with E-state index in [1.54, 1.807) is 42.9 Å². The highest BCUT2D eigenvalue weighted by molar-refractivity contribution is 7.07. The summed E-state index contributed by atoms with van der Waals surface area (Å²) in [6.45, 7) is 4.28. The third-order valence-electron chi connectivity index (χ3n) is 6.34. The molecule has 0 saturated carbocycles. The van der Waals surface area contributed by atoms with Gasteiger partial charge in [-0.3, -0.25) is 9.36 Å². The van der Waals surface area contributed by atoms with E-state index < -0.39 is 12.0 Å². The van der Waals surface area contributed by atoms with Crippen LogP contribution in [0.15, 0.2) is 88.2 Å². The van der Waals surface area contributed by atoms with Crippen molar-refractivity contribution >= 4 is 40.7 Å². The number of ether oxygens (including phenoxy) is 3. The molecule has 3 aromatic carbocycles. The van der Waals surface area contributed by atoms with E-state index in [-0.39, 0.29) is 17.7 Å². The molecule has 0 fully saturated rings. The van der Waals surface area contributed by atoms with Crippen LogP contribution in [0.5, 0.6) is 11.5 Å². The topological polar surface area (TPSA) is 79.1 Å². The molecule has 0 radical (unpaired) electrons. The van der Waals surface area contributed by atoms with Gasteiger partial charge in [0, 0.05) is 16.1 Å². The first-order chi connectivity index (χ1) is 19.4. The van der Waals surface area contributed by atoms with Crippen molar-refractivity contribution in [1.29, 1.82) is 0 Å². The number of thiazole rings is 1. The third-order valence-corrected chi connectivity index (χ3v) is 7.56. The zero-order chi connectivity index (χ0) is 28.2. The molecular formula is C31H27ClN2O5S. The predicted molar refractivity (Wildman–Crippen MR) is 157 cm³/mol. The number of benzene rings is 3. The van der Waals surface area contributed by atoms with Crippen LogP contribution >= 0.6 is 22.9 Å². The van der Waals surface area contributed by atoms with Crippen LogP contribution in [0.25, 0.3) is 11.8 Å². The minimum absolute atomic E-state index is 0.175. The monoisotopic (exact) mass is 574 g/mol. The van der Waals surface area contributed by atoms with Gasteiger partial charge in [-0.05, 0) is 55.8 Å². The number of carbonyl (C=O) groups is 1. The van der Waals surface area contributed by atoms with E-state index in [9.17, 15) is 9.59 Å². The highest BCUT2D eigenvalue weighted by Crippen LogP contribution is 2.36. The number of hydrogen-bond donors (Lipinski definition) is 0. The smallest absolute Gasteiger partial charge is 0.338 e. The summed E-state index contributed by atoms with van der Waals surface area (Å²) in [5, 5.41) is 0.521. The quantitative estimate of drug-likeness (QED) is 0.277. The fraction of sp³-hybridized carbons (Fsp3) is 0.194. The van der Waals surface area contributed by atoms with Crippen LogP contribution in [0, 0.1) is 0 Å². The lowest BCUT2D eigenvalue weighted by Crippen LogP contribution is -2.40. The van der Waals surface area contributed by atoms with Crippen LogP contribution in [0.3, 0.4) is 0 Å². The minimum Gasteiger partial charge on any atom is -0.497 e. The fourth-order valence-corrected chi connectivity index (χ4v) is 5.80. The van der Waals surface area contributed by atoms with Gasteiger partial charge in [0.25, 0.3) is 5.56 Å². The molecule has 5 rings (SSSR count). The Kier molecular flexibility index (Phi) is 8.19. The van der Waals surface area contributed by atoms with Gasteiger partial charge in [-0.1, -0.05) is 65.4 Å². The molecule has 0 aliphatic carbocycles. The Balaban J connectivity index is 1.83. The first-order valence-electron chi connectivity index (χ1n) is 12.8. The molecule has 0 bridgehead atoms. The molecular weight excluding hydrogens is 548 g/mol. The molecule has 4 aromatic rings. The molecule has 40 heavy (non-hydrogen) atoms. The van der Waals surface area contributed by atoms with Crippen molar-refractivity contribution in [3.05, 3.63) is 120 Å². The molecule has 0 spiro atoms. The Morgan fingerprint density at radius 2 is 1.85 bits per heavy atom. The average Bonchev–Trinajstić information content (AvgIpc) is 3.28. The predicted octanol–water partition coefficient (Wildman–Crippen LogP) is 5.00. The van der Waals surface area contributed by atoms with Gasteiger partial charge < -0.3 is 14.2 Å². The Bertz CT molecular complexity index is 1780. The standard InChI is InChI=1S/C31H27ClN2O5S/c1-4-38-24-15-14-22(32)16-21(24)18-25-29(35)34-28(20-12-9-13-23(17-20)37-3)26(30(36)39-5-2)27(33-31(34)40-25)19-10-7-6-8-11-19/h6-18,28H,4-5H2,1-3H3/b25-18-/t28-/m1/s1. The number of methoxy groups -OCH3 is 1. The minimum atomic E-state index is -0.798.